The summed E-state index contributed by atoms with van der Waals surface area (Å²) in [6, 6.07) is 0. The van der Waals surface area contributed by atoms with E-state index in [2.05, 4.69) is 6.92 Å². The molecule has 2 aliphatic heterocycles. The van der Waals surface area contributed by atoms with Crippen LogP contribution in [0.15, 0.2) is 0 Å². The van der Waals surface area contributed by atoms with Crippen LogP contribution in [0, 0.1) is 5.41 Å². The monoisotopic (exact) mass is 282 g/mol. The molecule has 0 aromatic rings. The van der Waals surface area contributed by atoms with E-state index in [9.17, 15) is 0 Å². The quantitative estimate of drug-likeness (QED) is 0.573. The molecule has 0 aromatic heterocycles. The first-order chi connectivity index (χ1) is 8.37. The Hall–Kier alpha value is 0.660. The van der Waals surface area contributed by atoms with Gasteiger partial charge in [-0.3, -0.25) is 0 Å². The average molecular weight is 282 g/mol. The molecule has 0 aromatic carbocycles. The molecule has 2 saturated heterocycles. The summed E-state index contributed by atoms with van der Waals surface area (Å²) in [7, 11) is 0.186. The van der Waals surface area contributed by atoms with E-state index in [1.807, 2.05) is 0 Å². The molecule has 0 aliphatic carbocycles. The van der Waals surface area contributed by atoms with E-state index in [1.165, 1.54) is 12.8 Å². The van der Waals surface area contributed by atoms with Crippen LogP contribution in [0.3, 0.4) is 0 Å². The smallest absolute Gasteiger partial charge is 0.176 e. The van der Waals surface area contributed by atoms with Crippen molar-refractivity contribution in [3.63, 3.8) is 0 Å². The van der Waals surface area contributed by atoms with Gasteiger partial charge in [0.15, 0.2) is 24.4 Å². The first kappa shape index (κ1) is 14.1. The topological polar surface area (TPSA) is 46.2 Å². The second-order valence-corrected chi connectivity index (χ2v) is 5.86. The highest BCUT2D eigenvalue weighted by molar-refractivity contribution is 7.26. The molecule has 17 heavy (non-hydrogen) atoms. The average Bonchev–Trinajstić information content (AvgIpc) is 2.38. The molecule has 5 nitrogen and oxygen atoms in total. The molecule has 2 aliphatic rings. The Kier molecular flexibility index (Phi) is 6.04. The van der Waals surface area contributed by atoms with Gasteiger partial charge in [0.1, 0.15) is 0 Å². The molecule has 0 radical (unpaired) electrons. The molecule has 0 N–H and O–H groups in total. The first-order valence-corrected chi connectivity index (χ1v) is 7.63. The van der Waals surface area contributed by atoms with Gasteiger partial charge in [0, 0.05) is 6.61 Å². The molecular weight excluding hydrogens is 262 g/mol. The molecule has 2 atom stereocenters. The highest BCUT2D eigenvalue weighted by Gasteiger charge is 2.46. The van der Waals surface area contributed by atoms with Crippen LogP contribution in [0.5, 0.6) is 0 Å². The van der Waals surface area contributed by atoms with Crippen molar-refractivity contribution in [2.45, 2.75) is 32.5 Å². The zero-order valence-electron chi connectivity index (χ0n) is 10.1. The van der Waals surface area contributed by atoms with Crippen molar-refractivity contribution in [1.82, 2.24) is 0 Å². The van der Waals surface area contributed by atoms with E-state index in [0.29, 0.717) is 19.8 Å². The van der Waals surface area contributed by atoms with Crippen LogP contribution in [-0.2, 0) is 22.8 Å². The van der Waals surface area contributed by atoms with Crippen LogP contribution >= 0.6 is 18.1 Å². The summed E-state index contributed by atoms with van der Waals surface area (Å²) in [6.07, 6.45) is 3.20. The summed E-state index contributed by atoms with van der Waals surface area (Å²) in [4.78, 5) is 0. The van der Waals surface area contributed by atoms with Crippen molar-refractivity contribution in [3.05, 3.63) is 0 Å². The summed E-state index contributed by atoms with van der Waals surface area (Å²) in [5.74, 6) is 0. The van der Waals surface area contributed by atoms with Crippen LogP contribution in [0.1, 0.15) is 26.2 Å². The maximum atomic E-state index is 5.83. The summed E-state index contributed by atoms with van der Waals surface area (Å²) in [6.45, 7) is 4.68. The Morgan fingerprint density at radius 2 is 1.82 bits per heavy atom. The fourth-order valence-corrected chi connectivity index (χ4v) is 3.44. The molecule has 100 valence electrons. The van der Waals surface area contributed by atoms with Crippen molar-refractivity contribution in [1.29, 1.82) is 0 Å². The van der Waals surface area contributed by atoms with Gasteiger partial charge in [-0.05, 0) is 6.42 Å². The lowest BCUT2D eigenvalue weighted by Crippen LogP contribution is -2.51. The lowest BCUT2D eigenvalue weighted by Gasteiger charge is -2.43. The third-order valence-electron chi connectivity index (χ3n) is 2.93. The molecule has 2 heterocycles. The number of rotatable bonds is 5. The van der Waals surface area contributed by atoms with Gasteiger partial charge < -0.3 is 22.8 Å². The van der Waals surface area contributed by atoms with Gasteiger partial charge in [-0.1, -0.05) is 19.8 Å². The summed E-state index contributed by atoms with van der Waals surface area (Å²) < 4.78 is 27.6. The molecule has 2 rings (SSSR count). The van der Waals surface area contributed by atoms with Gasteiger partial charge in [0.2, 0.25) is 0 Å². The maximum Gasteiger partial charge on any atom is 0.176 e. The first-order valence-electron chi connectivity index (χ1n) is 6.00. The van der Waals surface area contributed by atoms with E-state index in [0.717, 1.165) is 13.0 Å². The number of ether oxygens (including phenoxy) is 1. The molecule has 1 spiro atoms. The summed E-state index contributed by atoms with van der Waals surface area (Å²) >= 11 is 0. The Bertz CT molecular complexity index is 214. The highest BCUT2D eigenvalue weighted by atomic mass is 31.1. The van der Waals surface area contributed by atoms with Crippen molar-refractivity contribution in [2.75, 3.05) is 26.4 Å². The van der Waals surface area contributed by atoms with Crippen LogP contribution in [0.25, 0.3) is 0 Å². The zero-order chi connectivity index (χ0) is 12.0. The fourth-order valence-electron chi connectivity index (χ4n) is 1.85. The van der Waals surface area contributed by atoms with Crippen LogP contribution in [0.2, 0.25) is 0 Å². The predicted octanol–water partition coefficient (Wildman–Crippen LogP) is 2.62. The molecule has 0 bridgehead atoms. The molecule has 0 amide bonds. The maximum absolute atomic E-state index is 5.83. The predicted molar refractivity (Wildman–Crippen MR) is 67.3 cm³/mol. The molecule has 7 heteroatoms. The van der Waals surface area contributed by atoms with Gasteiger partial charge in [-0.15, -0.1) is 0 Å². The molecule has 2 fully saturated rings. The van der Waals surface area contributed by atoms with Crippen molar-refractivity contribution in [2.24, 2.45) is 5.41 Å². The molecule has 2 unspecified atom stereocenters. The SMILES string of the molecule is CCCCCOC1OPOCC12COPOC2. The Morgan fingerprint density at radius 1 is 1.12 bits per heavy atom. The lowest BCUT2D eigenvalue weighted by atomic mass is 9.90. The van der Waals surface area contributed by atoms with Gasteiger partial charge in [0.05, 0.1) is 25.2 Å². The van der Waals surface area contributed by atoms with Crippen LogP contribution in [-0.4, -0.2) is 32.7 Å². The van der Waals surface area contributed by atoms with E-state index in [4.69, 9.17) is 22.8 Å². The van der Waals surface area contributed by atoms with Crippen LogP contribution < -0.4 is 0 Å². The minimum atomic E-state index is -0.275. The van der Waals surface area contributed by atoms with Gasteiger partial charge in [0.25, 0.3) is 0 Å². The minimum Gasteiger partial charge on any atom is -0.351 e. The Morgan fingerprint density at radius 3 is 2.53 bits per heavy atom. The van der Waals surface area contributed by atoms with Gasteiger partial charge >= 0.3 is 0 Å². The van der Waals surface area contributed by atoms with E-state index < -0.39 is 0 Å². The second kappa shape index (κ2) is 7.30. The largest absolute Gasteiger partial charge is 0.351 e. The summed E-state index contributed by atoms with van der Waals surface area (Å²) in [5, 5.41) is 0. The van der Waals surface area contributed by atoms with Gasteiger partial charge in [-0.2, -0.15) is 0 Å². The van der Waals surface area contributed by atoms with Gasteiger partial charge in [-0.25, -0.2) is 0 Å². The van der Waals surface area contributed by atoms with Crippen LogP contribution in [0.4, 0.5) is 0 Å². The normalized spacial score (nSPS) is 36.9. The number of hydrogen-bond donors (Lipinski definition) is 0. The van der Waals surface area contributed by atoms with Crippen molar-refractivity contribution in [3.8, 4) is 0 Å². The zero-order valence-corrected chi connectivity index (χ0v) is 12.1. The number of hydrogen-bond acceptors (Lipinski definition) is 5. The third-order valence-corrected chi connectivity index (χ3v) is 4.02. The third kappa shape index (κ3) is 3.81. The molecular formula is C10H20O5P2. The van der Waals surface area contributed by atoms with Crippen molar-refractivity contribution < 1.29 is 22.8 Å². The standard InChI is InChI=1S/C10H20O5P2/c1-2-3-4-5-11-9-10(8-14-17-15-9)6-12-16-13-7-10/h9,16-17H,2-8H2,1H3. The lowest BCUT2D eigenvalue weighted by molar-refractivity contribution is -0.211. The molecule has 0 saturated carbocycles. The fraction of sp³-hybridized carbons (Fsp3) is 1.00. The minimum absolute atomic E-state index is 0.0586. The Labute approximate surface area is 106 Å². The van der Waals surface area contributed by atoms with E-state index >= 15 is 0 Å². The highest BCUT2D eigenvalue weighted by Crippen LogP contribution is 2.43. The summed E-state index contributed by atoms with van der Waals surface area (Å²) in [5.41, 5.74) is -0.275. The van der Waals surface area contributed by atoms with E-state index in [-0.39, 0.29) is 29.8 Å². The second-order valence-electron chi connectivity index (χ2n) is 4.42. The van der Waals surface area contributed by atoms with E-state index in [1.54, 1.807) is 0 Å². The Balaban J connectivity index is 1.83. The number of unbranched alkanes of at least 4 members (excludes halogenated alkanes) is 2. The van der Waals surface area contributed by atoms with Crippen molar-refractivity contribution >= 4 is 18.1 Å².